The lowest BCUT2D eigenvalue weighted by Gasteiger charge is -2.16. The van der Waals surface area contributed by atoms with Crippen LogP contribution in [-0.4, -0.2) is 27.9 Å². The number of aromatic nitrogens is 2. The Labute approximate surface area is 135 Å². The molecule has 9 heteroatoms. The van der Waals surface area contributed by atoms with Crippen LogP contribution in [0.4, 0.5) is 14.3 Å². The molecule has 3 N–H and O–H groups in total. The molecule has 0 fully saturated rings. The van der Waals surface area contributed by atoms with Crippen molar-refractivity contribution in [3.05, 3.63) is 39.6 Å². The van der Waals surface area contributed by atoms with E-state index in [0.29, 0.717) is 10.7 Å². The normalized spacial score (nSPS) is 12.0. The quantitative estimate of drug-likeness (QED) is 0.778. The maximum atomic E-state index is 13.4. The van der Waals surface area contributed by atoms with Crippen molar-refractivity contribution >= 4 is 34.1 Å². The standard InChI is InChI=1S/C13H14ClFN4O2S/c1-2-11-18-19-13(22-11)17-12(21)16-10(6-20)7-3-4-8(14)9(15)5-7/h3-5,10,20H,2,6H2,1H3,(H2,16,17,19,21). The van der Waals surface area contributed by atoms with Gasteiger partial charge in [-0.1, -0.05) is 35.9 Å². The highest BCUT2D eigenvalue weighted by molar-refractivity contribution is 7.15. The number of halogens is 2. The Bertz CT molecular complexity index is 667. The summed E-state index contributed by atoms with van der Waals surface area (Å²) in [5, 5.41) is 23.3. The number of aliphatic hydroxyl groups is 1. The van der Waals surface area contributed by atoms with Gasteiger partial charge in [-0.3, -0.25) is 5.32 Å². The van der Waals surface area contributed by atoms with Crippen molar-refractivity contribution in [1.29, 1.82) is 0 Å². The third-order valence-corrected chi connectivity index (χ3v) is 4.11. The SMILES string of the molecule is CCc1nnc(NC(=O)NC(CO)c2ccc(Cl)c(F)c2)s1. The Morgan fingerprint density at radius 1 is 1.50 bits per heavy atom. The van der Waals surface area contributed by atoms with Crippen molar-refractivity contribution in [2.75, 3.05) is 11.9 Å². The van der Waals surface area contributed by atoms with Crippen LogP contribution in [0.1, 0.15) is 23.5 Å². The van der Waals surface area contributed by atoms with Gasteiger partial charge in [-0.2, -0.15) is 0 Å². The highest BCUT2D eigenvalue weighted by atomic mass is 35.5. The molecule has 0 aliphatic heterocycles. The van der Waals surface area contributed by atoms with Crippen LogP contribution in [0.2, 0.25) is 5.02 Å². The molecule has 6 nitrogen and oxygen atoms in total. The molecule has 0 radical (unpaired) electrons. The number of carbonyl (C=O) groups is 1. The number of carbonyl (C=O) groups excluding carboxylic acids is 1. The lowest BCUT2D eigenvalue weighted by atomic mass is 10.1. The number of urea groups is 1. The Hall–Kier alpha value is -1.77. The number of rotatable bonds is 5. The first kappa shape index (κ1) is 16.6. The molecule has 2 rings (SSSR count). The van der Waals surface area contributed by atoms with E-state index in [1.807, 2.05) is 6.92 Å². The summed E-state index contributed by atoms with van der Waals surface area (Å²) >= 11 is 6.87. The van der Waals surface area contributed by atoms with Gasteiger partial charge in [-0.15, -0.1) is 10.2 Å². The van der Waals surface area contributed by atoms with Crippen molar-refractivity contribution in [3.8, 4) is 0 Å². The predicted molar refractivity (Wildman–Crippen MR) is 82.7 cm³/mol. The van der Waals surface area contributed by atoms with Crippen molar-refractivity contribution < 1.29 is 14.3 Å². The maximum absolute atomic E-state index is 13.4. The van der Waals surface area contributed by atoms with Crippen molar-refractivity contribution in [2.24, 2.45) is 0 Å². The van der Waals surface area contributed by atoms with E-state index in [1.165, 1.54) is 29.5 Å². The second-order valence-corrected chi connectivity index (χ2v) is 5.83. The Morgan fingerprint density at radius 2 is 2.27 bits per heavy atom. The summed E-state index contributed by atoms with van der Waals surface area (Å²) in [6.45, 7) is 1.55. The minimum atomic E-state index is -0.759. The van der Waals surface area contributed by atoms with E-state index in [-0.39, 0.29) is 11.6 Å². The van der Waals surface area contributed by atoms with E-state index in [1.54, 1.807) is 0 Å². The van der Waals surface area contributed by atoms with Crippen LogP contribution in [0.25, 0.3) is 0 Å². The molecular weight excluding hydrogens is 331 g/mol. The molecule has 0 aliphatic rings. The van der Waals surface area contributed by atoms with Gasteiger partial charge in [0.05, 0.1) is 17.7 Å². The molecule has 0 spiro atoms. The fourth-order valence-electron chi connectivity index (χ4n) is 1.70. The zero-order chi connectivity index (χ0) is 16.1. The highest BCUT2D eigenvalue weighted by Gasteiger charge is 2.16. The molecular formula is C13H14ClFN4O2S. The van der Waals surface area contributed by atoms with E-state index < -0.39 is 17.9 Å². The first-order valence-electron chi connectivity index (χ1n) is 6.49. The first-order valence-corrected chi connectivity index (χ1v) is 7.68. The number of benzene rings is 1. The van der Waals surface area contributed by atoms with E-state index in [2.05, 4.69) is 20.8 Å². The molecule has 1 heterocycles. The fourth-order valence-corrected chi connectivity index (χ4v) is 2.49. The lowest BCUT2D eigenvalue weighted by molar-refractivity contribution is 0.225. The molecule has 2 aromatic rings. The molecule has 0 saturated carbocycles. The van der Waals surface area contributed by atoms with Gasteiger partial charge in [0.15, 0.2) is 0 Å². The number of amides is 2. The number of hydrogen-bond donors (Lipinski definition) is 3. The number of aryl methyl sites for hydroxylation is 1. The maximum Gasteiger partial charge on any atom is 0.321 e. The first-order chi connectivity index (χ1) is 10.5. The summed E-state index contributed by atoms with van der Waals surface area (Å²) in [5.41, 5.74) is 0.408. The van der Waals surface area contributed by atoms with E-state index in [9.17, 15) is 14.3 Å². The van der Waals surface area contributed by atoms with E-state index in [0.717, 1.165) is 11.4 Å². The second kappa shape index (κ2) is 7.48. The zero-order valence-electron chi connectivity index (χ0n) is 11.6. The highest BCUT2D eigenvalue weighted by Crippen LogP contribution is 2.21. The van der Waals surface area contributed by atoms with Gasteiger partial charge >= 0.3 is 6.03 Å². The molecule has 22 heavy (non-hydrogen) atoms. The topological polar surface area (TPSA) is 87.1 Å². The number of nitrogens with zero attached hydrogens (tertiary/aromatic N) is 2. The Morgan fingerprint density at radius 3 is 2.86 bits per heavy atom. The average Bonchev–Trinajstić information content (AvgIpc) is 2.95. The fraction of sp³-hybridized carbons (Fsp3) is 0.308. The number of nitrogens with one attached hydrogen (secondary N) is 2. The van der Waals surface area contributed by atoms with Gasteiger partial charge in [0.2, 0.25) is 5.13 Å². The van der Waals surface area contributed by atoms with Gasteiger partial charge in [0.1, 0.15) is 10.8 Å². The number of hydrogen-bond acceptors (Lipinski definition) is 5. The minimum Gasteiger partial charge on any atom is -0.394 e. The molecule has 0 saturated heterocycles. The largest absolute Gasteiger partial charge is 0.394 e. The number of anilines is 1. The van der Waals surface area contributed by atoms with E-state index in [4.69, 9.17) is 11.6 Å². The van der Waals surface area contributed by atoms with Gasteiger partial charge < -0.3 is 10.4 Å². The van der Waals surface area contributed by atoms with E-state index >= 15 is 0 Å². The summed E-state index contributed by atoms with van der Waals surface area (Å²) in [5.74, 6) is -0.614. The van der Waals surface area contributed by atoms with Gasteiger partial charge in [-0.25, -0.2) is 9.18 Å². The predicted octanol–water partition coefficient (Wildman–Crippen LogP) is 2.75. The van der Waals surface area contributed by atoms with Crippen LogP contribution in [0.3, 0.4) is 0 Å². The smallest absolute Gasteiger partial charge is 0.321 e. The summed E-state index contributed by atoms with van der Waals surface area (Å²) in [4.78, 5) is 11.9. The van der Waals surface area contributed by atoms with Crippen LogP contribution in [-0.2, 0) is 6.42 Å². The molecule has 1 aromatic carbocycles. The second-order valence-electron chi connectivity index (χ2n) is 4.36. The number of aliphatic hydroxyl groups excluding tert-OH is 1. The van der Waals surface area contributed by atoms with Crippen LogP contribution >= 0.6 is 22.9 Å². The molecule has 1 aromatic heterocycles. The van der Waals surface area contributed by atoms with Crippen molar-refractivity contribution in [3.63, 3.8) is 0 Å². The van der Waals surface area contributed by atoms with Crippen molar-refractivity contribution in [1.82, 2.24) is 15.5 Å². The average molecular weight is 345 g/mol. The van der Waals surface area contributed by atoms with Crippen LogP contribution < -0.4 is 10.6 Å². The van der Waals surface area contributed by atoms with Crippen molar-refractivity contribution in [2.45, 2.75) is 19.4 Å². The molecule has 1 atom stereocenters. The monoisotopic (exact) mass is 344 g/mol. The molecule has 1 unspecified atom stereocenters. The molecule has 0 aliphatic carbocycles. The summed E-state index contributed by atoms with van der Waals surface area (Å²) in [6, 6.07) is 2.75. The minimum absolute atomic E-state index is 0.0224. The lowest BCUT2D eigenvalue weighted by Crippen LogP contribution is -2.34. The third kappa shape index (κ3) is 4.12. The molecule has 0 bridgehead atoms. The molecule has 118 valence electrons. The Balaban J connectivity index is 2.02. The summed E-state index contributed by atoms with van der Waals surface area (Å²) in [6.07, 6.45) is 0.726. The van der Waals surface area contributed by atoms with Crippen LogP contribution in [0.15, 0.2) is 18.2 Å². The van der Waals surface area contributed by atoms with Crippen LogP contribution in [0.5, 0.6) is 0 Å². The summed E-state index contributed by atoms with van der Waals surface area (Å²) < 4.78 is 13.4. The molecule has 2 amide bonds. The van der Waals surface area contributed by atoms with Crippen LogP contribution in [0, 0.1) is 5.82 Å². The van der Waals surface area contributed by atoms with Gasteiger partial charge in [0.25, 0.3) is 0 Å². The third-order valence-electron chi connectivity index (χ3n) is 2.82. The zero-order valence-corrected chi connectivity index (χ0v) is 13.2. The Kier molecular flexibility index (Phi) is 5.64. The van der Waals surface area contributed by atoms with Gasteiger partial charge in [0, 0.05) is 0 Å². The summed E-state index contributed by atoms with van der Waals surface area (Å²) in [7, 11) is 0. The van der Waals surface area contributed by atoms with Gasteiger partial charge in [-0.05, 0) is 24.1 Å².